The van der Waals surface area contributed by atoms with Gasteiger partial charge in [-0.25, -0.2) is 0 Å². The van der Waals surface area contributed by atoms with E-state index < -0.39 is 0 Å². The highest BCUT2D eigenvalue weighted by molar-refractivity contribution is 5.42. The summed E-state index contributed by atoms with van der Waals surface area (Å²) in [5.41, 5.74) is 0.838. The molecule has 1 N–H and O–H groups in total. The monoisotopic (exact) mass is 294 g/mol. The lowest BCUT2D eigenvalue weighted by Gasteiger charge is -2.32. The Hall–Kier alpha value is -1.30. The van der Waals surface area contributed by atoms with Crippen LogP contribution in [0.2, 0.25) is 0 Å². The van der Waals surface area contributed by atoms with Gasteiger partial charge in [-0.15, -0.1) is 0 Å². The second-order valence-corrected chi connectivity index (χ2v) is 5.37. The summed E-state index contributed by atoms with van der Waals surface area (Å²) in [6, 6.07) is 5.59. The maximum Gasteiger partial charge on any atom is 0.161 e. The fourth-order valence-corrected chi connectivity index (χ4v) is 2.39. The van der Waals surface area contributed by atoms with Crippen molar-refractivity contribution in [3.8, 4) is 11.5 Å². The minimum absolute atomic E-state index is 0.0155. The lowest BCUT2D eigenvalue weighted by molar-refractivity contribution is 0.132. The number of hydrogen-bond donors (Lipinski definition) is 1. The molecule has 21 heavy (non-hydrogen) atoms. The Labute approximate surface area is 127 Å². The van der Waals surface area contributed by atoms with Crippen LogP contribution >= 0.6 is 0 Å². The molecular weight excluding hydrogens is 268 g/mol. The average Bonchev–Trinajstić information content (AvgIpc) is 2.51. The highest BCUT2D eigenvalue weighted by Gasteiger charge is 2.14. The van der Waals surface area contributed by atoms with E-state index in [0.29, 0.717) is 19.0 Å². The molecule has 0 saturated carbocycles. The topological polar surface area (TPSA) is 45.2 Å². The first kappa shape index (κ1) is 16.1. The van der Waals surface area contributed by atoms with Gasteiger partial charge in [-0.05, 0) is 31.7 Å². The molecule has 1 aliphatic heterocycles. The zero-order valence-electron chi connectivity index (χ0n) is 13.0. The predicted molar refractivity (Wildman–Crippen MR) is 83.0 cm³/mol. The Morgan fingerprint density at radius 2 is 1.86 bits per heavy atom. The quantitative estimate of drug-likeness (QED) is 0.819. The highest BCUT2D eigenvalue weighted by atomic mass is 16.5. The van der Waals surface area contributed by atoms with Gasteiger partial charge in [-0.3, -0.25) is 4.90 Å². The van der Waals surface area contributed by atoms with E-state index in [2.05, 4.69) is 16.8 Å². The molecule has 0 aromatic heterocycles. The molecule has 5 nitrogen and oxygen atoms in total. The molecule has 1 aliphatic rings. The van der Waals surface area contributed by atoms with Crippen LogP contribution in [0.3, 0.4) is 0 Å². The van der Waals surface area contributed by atoms with E-state index >= 15 is 0 Å². The van der Waals surface area contributed by atoms with Crippen molar-refractivity contribution in [1.29, 1.82) is 0 Å². The van der Waals surface area contributed by atoms with Crippen molar-refractivity contribution in [2.75, 3.05) is 53.0 Å². The van der Waals surface area contributed by atoms with Crippen LogP contribution in [0.1, 0.15) is 12.5 Å². The number of ether oxygens (including phenoxy) is 2. The maximum absolute atomic E-state index is 9.18. The van der Waals surface area contributed by atoms with E-state index in [1.807, 2.05) is 25.1 Å². The van der Waals surface area contributed by atoms with E-state index in [1.165, 1.54) is 0 Å². The molecule has 0 radical (unpaired) electrons. The SMILES string of the molecule is CCOc1cc(CO)ccc1OCCN1CCN(C)CC1. The number of aliphatic hydroxyl groups is 1. The van der Waals surface area contributed by atoms with Crippen molar-refractivity contribution in [3.63, 3.8) is 0 Å². The number of likely N-dealkylation sites (N-methyl/N-ethyl adjacent to an activating group) is 1. The number of hydrogen-bond acceptors (Lipinski definition) is 5. The number of aliphatic hydroxyl groups excluding tert-OH is 1. The first-order valence-corrected chi connectivity index (χ1v) is 7.63. The summed E-state index contributed by atoms with van der Waals surface area (Å²) in [5.74, 6) is 1.46. The molecule has 1 fully saturated rings. The van der Waals surface area contributed by atoms with Crippen LogP contribution in [-0.4, -0.2) is 67.9 Å². The van der Waals surface area contributed by atoms with Crippen molar-refractivity contribution in [1.82, 2.24) is 9.80 Å². The summed E-state index contributed by atoms with van der Waals surface area (Å²) in [6.45, 7) is 8.57. The number of nitrogens with zero attached hydrogens (tertiary/aromatic N) is 2. The molecule has 0 atom stereocenters. The van der Waals surface area contributed by atoms with Gasteiger partial charge >= 0.3 is 0 Å². The average molecular weight is 294 g/mol. The van der Waals surface area contributed by atoms with Crippen molar-refractivity contribution in [3.05, 3.63) is 23.8 Å². The van der Waals surface area contributed by atoms with Crippen LogP contribution in [0, 0.1) is 0 Å². The van der Waals surface area contributed by atoms with Crippen LogP contribution < -0.4 is 9.47 Å². The van der Waals surface area contributed by atoms with E-state index in [1.54, 1.807) is 0 Å². The van der Waals surface area contributed by atoms with Gasteiger partial charge in [-0.1, -0.05) is 6.07 Å². The van der Waals surface area contributed by atoms with Crippen LogP contribution in [0.15, 0.2) is 18.2 Å². The zero-order chi connectivity index (χ0) is 15.1. The van der Waals surface area contributed by atoms with E-state index in [0.717, 1.165) is 44.0 Å². The van der Waals surface area contributed by atoms with Gasteiger partial charge in [-0.2, -0.15) is 0 Å². The van der Waals surface area contributed by atoms with Gasteiger partial charge in [0.1, 0.15) is 6.61 Å². The number of benzene rings is 1. The molecule has 0 bridgehead atoms. The van der Waals surface area contributed by atoms with E-state index in [9.17, 15) is 5.11 Å². The molecule has 5 heteroatoms. The molecule has 0 unspecified atom stereocenters. The van der Waals surface area contributed by atoms with E-state index in [4.69, 9.17) is 9.47 Å². The van der Waals surface area contributed by atoms with Gasteiger partial charge in [0.15, 0.2) is 11.5 Å². The Morgan fingerprint density at radius 3 is 2.52 bits per heavy atom. The molecular formula is C16H26N2O3. The summed E-state index contributed by atoms with van der Waals surface area (Å²) in [4.78, 5) is 4.76. The fourth-order valence-electron chi connectivity index (χ4n) is 2.39. The Morgan fingerprint density at radius 1 is 1.10 bits per heavy atom. The van der Waals surface area contributed by atoms with Crippen molar-refractivity contribution in [2.24, 2.45) is 0 Å². The molecule has 1 heterocycles. The van der Waals surface area contributed by atoms with E-state index in [-0.39, 0.29) is 6.61 Å². The molecule has 1 saturated heterocycles. The van der Waals surface area contributed by atoms with Gasteiger partial charge in [0.2, 0.25) is 0 Å². The summed E-state index contributed by atoms with van der Waals surface area (Å²) >= 11 is 0. The summed E-state index contributed by atoms with van der Waals surface area (Å²) < 4.78 is 11.4. The second kappa shape index (κ2) is 8.22. The molecule has 118 valence electrons. The number of rotatable bonds is 7. The minimum atomic E-state index is 0.0155. The normalized spacial score (nSPS) is 16.9. The first-order valence-electron chi connectivity index (χ1n) is 7.63. The third kappa shape index (κ3) is 4.88. The predicted octanol–water partition coefficient (Wildman–Crippen LogP) is 1.20. The lowest BCUT2D eigenvalue weighted by Crippen LogP contribution is -2.45. The largest absolute Gasteiger partial charge is 0.490 e. The Kier molecular flexibility index (Phi) is 6.29. The Bertz CT molecular complexity index is 432. The summed E-state index contributed by atoms with van der Waals surface area (Å²) in [7, 11) is 2.16. The third-order valence-electron chi connectivity index (χ3n) is 3.75. The second-order valence-electron chi connectivity index (χ2n) is 5.37. The molecule has 2 rings (SSSR count). The van der Waals surface area contributed by atoms with Crippen LogP contribution in [0.5, 0.6) is 11.5 Å². The molecule has 1 aromatic rings. The third-order valence-corrected chi connectivity index (χ3v) is 3.75. The maximum atomic E-state index is 9.18. The van der Waals surface area contributed by atoms with Crippen molar-refractivity contribution < 1.29 is 14.6 Å². The molecule has 0 spiro atoms. The van der Waals surface area contributed by atoms with Gasteiger partial charge in [0.25, 0.3) is 0 Å². The van der Waals surface area contributed by atoms with Crippen LogP contribution in [-0.2, 0) is 6.61 Å². The van der Waals surface area contributed by atoms with Gasteiger partial charge < -0.3 is 19.5 Å². The summed E-state index contributed by atoms with van der Waals surface area (Å²) in [6.07, 6.45) is 0. The van der Waals surface area contributed by atoms with Crippen LogP contribution in [0.4, 0.5) is 0 Å². The zero-order valence-corrected chi connectivity index (χ0v) is 13.0. The highest BCUT2D eigenvalue weighted by Crippen LogP contribution is 2.28. The van der Waals surface area contributed by atoms with Gasteiger partial charge in [0, 0.05) is 32.7 Å². The number of piperazine rings is 1. The first-order chi connectivity index (χ1) is 10.2. The van der Waals surface area contributed by atoms with Crippen LogP contribution in [0.25, 0.3) is 0 Å². The van der Waals surface area contributed by atoms with Crippen molar-refractivity contribution >= 4 is 0 Å². The van der Waals surface area contributed by atoms with Gasteiger partial charge in [0.05, 0.1) is 13.2 Å². The minimum Gasteiger partial charge on any atom is -0.490 e. The fraction of sp³-hybridized carbons (Fsp3) is 0.625. The Balaban J connectivity index is 1.84. The molecule has 1 aromatic carbocycles. The standard InChI is InChI=1S/C16H26N2O3/c1-3-20-16-12-14(13-19)4-5-15(16)21-11-10-18-8-6-17(2)7-9-18/h4-5,12,19H,3,6-11,13H2,1-2H3. The molecule has 0 amide bonds. The molecule has 0 aliphatic carbocycles. The van der Waals surface area contributed by atoms with Crippen molar-refractivity contribution in [2.45, 2.75) is 13.5 Å². The smallest absolute Gasteiger partial charge is 0.161 e. The lowest BCUT2D eigenvalue weighted by atomic mass is 10.2. The summed E-state index contributed by atoms with van der Waals surface area (Å²) in [5, 5.41) is 9.18.